The molecule has 0 fully saturated rings. The molecule has 2 N–H and O–H groups in total. The van der Waals surface area contributed by atoms with Crippen molar-refractivity contribution in [1.29, 1.82) is 0 Å². The fourth-order valence-corrected chi connectivity index (χ4v) is 2.29. The molecule has 4 heteroatoms. The van der Waals surface area contributed by atoms with E-state index in [1.807, 2.05) is 6.92 Å². The largest absolute Gasteiger partial charge is 0.324 e. The van der Waals surface area contributed by atoms with Crippen molar-refractivity contribution >= 4 is 11.6 Å². The van der Waals surface area contributed by atoms with Crippen LogP contribution < -0.4 is 5.73 Å². The van der Waals surface area contributed by atoms with Crippen LogP contribution >= 0.6 is 11.6 Å². The van der Waals surface area contributed by atoms with Gasteiger partial charge in [0, 0.05) is 11.1 Å². The Kier molecular flexibility index (Phi) is 4.17. The number of halogens is 3. The Morgan fingerprint density at radius 1 is 1.11 bits per heavy atom. The molecule has 0 spiro atoms. The Hall–Kier alpha value is -1.45. The van der Waals surface area contributed by atoms with E-state index in [-0.39, 0.29) is 17.7 Å². The third-order valence-corrected chi connectivity index (χ3v) is 3.45. The lowest BCUT2D eigenvalue weighted by atomic mass is 9.96. The van der Waals surface area contributed by atoms with Gasteiger partial charge in [0.05, 0.1) is 0 Å². The highest BCUT2D eigenvalue weighted by molar-refractivity contribution is 6.31. The molecule has 0 radical (unpaired) electrons. The van der Waals surface area contributed by atoms with Gasteiger partial charge < -0.3 is 5.73 Å². The van der Waals surface area contributed by atoms with Gasteiger partial charge >= 0.3 is 0 Å². The van der Waals surface area contributed by atoms with E-state index in [2.05, 4.69) is 0 Å². The molecule has 1 unspecified atom stereocenters. The molecule has 2 aromatic carbocycles. The third-order valence-electron chi connectivity index (χ3n) is 3.10. The minimum atomic E-state index is -0.385. The zero-order valence-electron chi connectivity index (χ0n) is 10.5. The Morgan fingerprint density at radius 3 is 2.42 bits per heavy atom. The fourth-order valence-electron chi connectivity index (χ4n) is 2.04. The molecule has 0 aliphatic carbocycles. The molecule has 0 aliphatic heterocycles. The van der Waals surface area contributed by atoms with E-state index in [9.17, 15) is 8.78 Å². The van der Waals surface area contributed by atoms with E-state index in [1.165, 1.54) is 24.3 Å². The van der Waals surface area contributed by atoms with Crippen molar-refractivity contribution in [2.24, 2.45) is 5.73 Å². The SMILES string of the molecule is Cc1ccc(F)cc1C(N)Cc1ccc(F)cc1Cl. The molecule has 0 aliphatic rings. The van der Waals surface area contributed by atoms with Crippen molar-refractivity contribution in [3.63, 3.8) is 0 Å². The van der Waals surface area contributed by atoms with Gasteiger partial charge in [-0.3, -0.25) is 0 Å². The summed E-state index contributed by atoms with van der Waals surface area (Å²) >= 11 is 5.96. The first-order valence-electron chi connectivity index (χ1n) is 5.93. The highest BCUT2D eigenvalue weighted by atomic mass is 35.5. The summed E-state index contributed by atoms with van der Waals surface area (Å²) in [6.07, 6.45) is 0.434. The van der Waals surface area contributed by atoms with Crippen molar-refractivity contribution in [2.45, 2.75) is 19.4 Å². The summed E-state index contributed by atoms with van der Waals surface area (Å²) in [6, 6.07) is 8.34. The van der Waals surface area contributed by atoms with Gasteiger partial charge in [0.1, 0.15) is 11.6 Å². The molecule has 0 bridgehead atoms. The third kappa shape index (κ3) is 3.31. The molecule has 19 heavy (non-hydrogen) atoms. The van der Waals surface area contributed by atoms with Gasteiger partial charge in [0.2, 0.25) is 0 Å². The predicted molar refractivity (Wildman–Crippen MR) is 73.2 cm³/mol. The molecule has 0 heterocycles. The zero-order chi connectivity index (χ0) is 14.0. The van der Waals surface area contributed by atoms with Crippen molar-refractivity contribution in [2.75, 3.05) is 0 Å². The second-order valence-corrected chi connectivity index (χ2v) is 4.95. The fraction of sp³-hybridized carbons (Fsp3) is 0.200. The average Bonchev–Trinajstić information content (AvgIpc) is 2.35. The molecule has 1 atom stereocenters. The number of aryl methyl sites for hydroxylation is 1. The van der Waals surface area contributed by atoms with Crippen LogP contribution in [0.4, 0.5) is 8.78 Å². The van der Waals surface area contributed by atoms with E-state index in [4.69, 9.17) is 17.3 Å². The molecule has 0 amide bonds. The second kappa shape index (κ2) is 5.68. The molecule has 2 aromatic rings. The van der Waals surface area contributed by atoms with Crippen LogP contribution in [0.15, 0.2) is 36.4 Å². The smallest absolute Gasteiger partial charge is 0.124 e. The van der Waals surface area contributed by atoms with Gasteiger partial charge in [0.15, 0.2) is 0 Å². The minimum Gasteiger partial charge on any atom is -0.324 e. The van der Waals surface area contributed by atoms with Crippen molar-refractivity contribution < 1.29 is 8.78 Å². The first-order valence-corrected chi connectivity index (χ1v) is 6.30. The first kappa shape index (κ1) is 14.0. The highest BCUT2D eigenvalue weighted by Crippen LogP contribution is 2.25. The number of hydrogen-bond acceptors (Lipinski definition) is 1. The number of rotatable bonds is 3. The molecule has 1 nitrogen and oxygen atoms in total. The lowest BCUT2D eigenvalue weighted by molar-refractivity contribution is 0.616. The van der Waals surface area contributed by atoms with Gasteiger partial charge in [-0.1, -0.05) is 23.7 Å². The Balaban J connectivity index is 2.25. The van der Waals surface area contributed by atoms with Crippen LogP contribution in [0.1, 0.15) is 22.7 Å². The summed E-state index contributed by atoms with van der Waals surface area (Å²) in [5.74, 6) is -0.703. The minimum absolute atomic E-state index is 0.318. The normalized spacial score (nSPS) is 12.5. The van der Waals surface area contributed by atoms with Crippen LogP contribution in [-0.4, -0.2) is 0 Å². The molecule has 0 saturated heterocycles. The Bertz CT molecular complexity index is 599. The predicted octanol–water partition coefficient (Wildman–Crippen LogP) is 4.17. The first-order chi connectivity index (χ1) is 8.97. The maximum Gasteiger partial charge on any atom is 0.124 e. The lowest BCUT2D eigenvalue weighted by Gasteiger charge is -2.16. The Labute approximate surface area is 116 Å². The maximum atomic E-state index is 13.2. The van der Waals surface area contributed by atoms with Crippen molar-refractivity contribution in [1.82, 2.24) is 0 Å². The van der Waals surface area contributed by atoms with Crippen LogP contribution in [0, 0.1) is 18.6 Å². The van der Waals surface area contributed by atoms with E-state index in [1.54, 1.807) is 12.1 Å². The van der Waals surface area contributed by atoms with Gasteiger partial charge in [0.25, 0.3) is 0 Å². The number of benzene rings is 2. The quantitative estimate of drug-likeness (QED) is 0.898. The molecule has 0 aromatic heterocycles. The number of hydrogen-bond donors (Lipinski definition) is 1. The molecular formula is C15H14ClF2N. The summed E-state index contributed by atoms with van der Waals surface area (Å²) in [5.41, 5.74) is 8.49. The van der Waals surface area contributed by atoms with E-state index < -0.39 is 0 Å². The van der Waals surface area contributed by atoms with E-state index in [0.717, 1.165) is 16.7 Å². The molecule has 100 valence electrons. The average molecular weight is 282 g/mol. The highest BCUT2D eigenvalue weighted by Gasteiger charge is 2.13. The summed E-state index contributed by atoms with van der Waals surface area (Å²) in [5, 5.41) is 0.338. The van der Waals surface area contributed by atoms with Crippen LogP contribution in [0.5, 0.6) is 0 Å². The monoisotopic (exact) mass is 281 g/mol. The molecule has 2 rings (SSSR count). The van der Waals surface area contributed by atoms with E-state index >= 15 is 0 Å². The van der Waals surface area contributed by atoms with Gasteiger partial charge in [-0.05, 0) is 54.3 Å². The van der Waals surface area contributed by atoms with Gasteiger partial charge in [-0.25, -0.2) is 8.78 Å². The zero-order valence-corrected chi connectivity index (χ0v) is 11.2. The van der Waals surface area contributed by atoms with Crippen LogP contribution in [0.25, 0.3) is 0 Å². The van der Waals surface area contributed by atoms with E-state index in [0.29, 0.717) is 11.4 Å². The van der Waals surface area contributed by atoms with Gasteiger partial charge in [-0.15, -0.1) is 0 Å². The molecule has 0 saturated carbocycles. The second-order valence-electron chi connectivity index (χ2n) is 4.55. The molecular weight excluding hydrogens is 268 g/mol. The summed E-state index contributed by atoms with van der Waals surface area (Å²) in [7, 11) is 0. The lowest BCUT2D eigenvalue weighted by Crippen LogP contribution is -2.15. The van der Waals surface area contributed by atoms with Crippen molar-refractivity contribution in [3.05, 3.63) is 69.7 Å². The standard InChI is InChI=1S/C15H14ClF2N/c1-9-2-4-11(17)7-13(9)15(19)6-10-3-5-12(18)8-14(10)16/h2-5,7-8,15H,6,19H2,1H3. The van der Waals surface area contributed by atoms with Gasteiger partial charge in [-0.2, -0.15) is 0 Å². The maximum absolute atomic E-state index is 13.2. The van der Waals surface area contributed by atoms with Crippen molar-refractivity contribution in [3.8, 4) is 0 Å². The summed E-state index contributed by atoms with van der Waals surface area (Å²) < 4.78 is 26.2. The Morgan fingerprint density at radius 2 is 1.74 bits per heavy atom. The van der Waals surface area contributed by atoms with Crippen LogP contribution in [0.3, 0.4) is 0 Å². The van der Waals surface area contributed by atoms with Crippen LogP contribution in [0.2, 0.25) is 5.02 Å². The summed E-state index contributed by atoms with van der Waals surface area (Å²) in [4.78, 5) is 0. The van der Waals surface area contributed by atoms with Crippen LogP contribution in [-0.2, 0) is 6.42 Å². The topological polar surface area (TPSA) is 26.0 Å². The number of nitrogens with two attached hydrogens (primary N) is 1. The summed E-state index contributed by atoms with van der Waals surface area (Å²) in [6.45, 7) is 1.88.